The van der Waals surface area contributed by atoms with Gasteiger partial charge in [0.05, 0.1) is 29.6 Å². The number of furan rings is 1. The van der Waals surface area contributed by atoms with E-state index in [0.29, 0.717) is 65.4 Å². The fraction of sp³-hybridized carbons (Fsp3) is 0.429. The van der Waals surface area contributed by atoms with Crippen LogP contribution in [-0.2, 0) is 14.3 Å². The lowest BCUT2D eigenvalue weighted by Gasteiger charge is -2.42. The van der Waals surface area contributed by atoms with Crippen LogP contribution in [-0.4, -0.2) is 23.6 Å². The summed E-state index contributed by atoms with van der Waals surface area (Å²) in [7, 11) is 1.40. The molecule has 37 heavy (non-hydrogen) atoms. The molecule has 0 unspecified atom stereocenters. The molecule has 194 valence electrons. The first kappa shape index (κ1) is 25.3. The van der Waals surface area contributed by atoms with Crippen LogP contribution in [0.4, 0.5) is 5.69 Å². The minimum Gasteiger partial charge on any atom is -0.496 e. The molecule has 5 rings (SSSR count). The fourth-order valence-corrected chi connectivity index (χ4v) is 5.89. The molecule has 0 N–H and O–H groups in total. The molecule has 0 fully saturated rings. The second-order valence-corrected chi connectivity index (χ2v) is 12.0. The highest BCUT2D eigenvalue weighted by molar-refractivity contribution is 6.33. The molecule has 2 aromatic rings. The van der Waals surface area contributed by atoms with Crippen LogP contribution in [0.1, 0.15) is 65.1 Å². The number of ketones is 2. The molecule has 0 saturated heterocycles. The lowest BCUT2D eigenvalue weighted by Crippen LogP contribution is -2.37. The number of hydrogen-bond donors (Lipinski definition) is 0. The Bertz CT molecular complexity index is 1370. The van der Waals surface area contributed by atoms with Crippen molar-refractivity contribution in [2.24, 2.45) is 10.8 Å². The van der Waals surface area contributed by atoms with Gasteiger partial charge in [0.15, 0.2) is 11.6 Å². The summed E-state index contributed by atoms with van der Waals surface area (Å²) in [4.78, 5) is 37.6. The second-order valence-electron chi connectivity index (χ2n) is 11.6. The van der Waals surface area contributed by atoms with Gasteiger partial charge in [0.25, 0.3) is 5.69 Å². The molecule has 1 aromatic carbocycles. The van der Waals surface area contributed by atoms with E-state index in [4.69, 9.17) is 25.5 Å². The van der Waals surface area contributed by atoms with Crippen LogP contribution in [0.5, 0.6) is 5.75 Å². The molecule has 9 heteroatoms. The predicted octanol–water partition coefficient (Wildman–Crippen LogP) is 6.92. The number of Topliss-reactive ketones (excluding diaryl/α,β-unsaturated/α-hetero) is 2. The first-order chi connectivity index (χ1) is 17.3. The number of methoxy groups -OCH3 is 1. The summed E-state index contributed by atoms with van der Waals surface area (Å²) in [6, 6.07) is 6.09. The fourth-order valence-electron chi connectivity index (χ4n) is 5.66. The number of carbonyl (C=O) groups excluding carboxylic acids is 2. The van der Waals surface area contributed by atoms with Crippen LogP contribution in [0.3, 0.4) is 0 Å². The molecule has 1 aromatic heterocycles. The lowest BCUT2D eigenvalue weighted by molar-refractivity contribution is -0.384. The van der Waals surface area contributed by atoms with Crippen molar-refractivity contribution in [3.8, 4) is 17.1 Å². The maximum Gasteiger partial charge on any atom is 0.291 e. The number of nitro groups is 1. The minimum absolute atomic E-state index is 0.0608. The van der Waals surface area contributed by atoms with Crippen molar-refractivity contribution in [3.05, 3.63) is 67.8 Å². The predicted molar refractivity (Wildman–Crippen MR) is 136 cm³/mol. The number of rotatable bonds is 4. The summed E-state index contributed by atoms with van der Waals surface area (Å²) >= 11 is 6.17. The van der Waals surface area contributed by atoms with Gasteiger partial charge in [0.1, 0.15) is 33.8 Å². The number of carbonyl (C=O) groups is 2. The minimum atomic E-state index is -0.681. The second kappa shape index (κ2) is 8.58. The first-order valence-electron chi connectivity index (χ1n) is 12.1. The van der Waals surface area contributed by atoms with Gasteiger partial charge in [0.2, 0.25) is 0 Å². The molecular weight excluding hydrogens is 498 g/mol. The number of nitro benzene ring substituents is 1. The zero-order chi connectivity index (χ0) is 26.9. The molecule has 1 aliphatic heterocycles. The monoisotopic (exact) mass is 525 g/mol. The molecule has 0 atom stereocenters. The number of hydrogen-bond acceptors (Lipinski definition) is 7. The smallest absolute Gasteiger partial charge is 0.291 e. The molecule has 2 heterocycles. The van der Waals surface area contributed by atoms with Crippen molar-refractivity contribution in [1.29, 1.82) is 0 Å². The highest BCUT2D eigenvalue weighted by Crippen LogP contribution is 2.54. The van der Waals surface area contributed by atoms with E-state index < -0.39 is 10.8 Å². The maximum absolute atomic E-state index is 13.4. The summed E-state index contributed by atoms with van der Waals surface area (Å²) < 4.78 is 18.0. The molecule has 0 spiro atoms. The summed E-state index contributed by atoms with van der Waals surface area (Å²) in [6.45, 7) is 8.12. The maximum atomic E-state index is 13.4. The van der Waals surface area contributed by atoms with Crippen molar-refractivity contribution in [3.63, 3.8) is 0 Å². The van der Waals surface area contributed by atoms with E-state index in [-0.39, 0.29) is 38.9 Å². The Balaban J connectivity index is 1.66. The Morgan fingerprint density at radius 2 is 1.54 bits per heavy atom. The van der Waals surface area contributed by atoms with Crippen molar-refractivity contribution < 1.29 is 28.4 Å². The SMILES string of the molecule is COc1cc([N+](=O)[O-])c(Cl)cc1-c1ccc(C2C3=C(CC(C)(C)CC3=O)OC3=C2C(=O)CC(C)(C)C3)o1. The van der Waals surface area contributed by atoms with Crippen molar-refractivity contribution >= 4 is 28.9 Å². The third-order valence-corrected chi connectivity index (χ3v) is 7.53. The average Bonchev–Trinajstić information content (AvgIpc) is 3.25. The van der Waals surface area contributed by atoms with E-state index in [1.807, 2.05) is 27.7 Å². The number of benzene rings is 1. The zero-order valence-corrected chi connectivity index (χ0v) is 22.2. The van der Waals surface area contributed by atoms with E-state index >= 15 is 0 Å². The van der Waals surface area contributed by atoms with Crippen LogP contribution in [0, 0.1) is 20.9 Å². The molecule has 0 amide bonds. The van der Waals surface area contributed by atoms with Crippen molar-refractivity contribution in [2.45, 2.75) is 59.3 Å². The lowest BCUT2D eigenvalue weighted by atomic mass is 9.66. The molecule has 0 radical (unpaired) electrons. The van der Waals surface area contributed by atoms with Gasteiger partial charge in [0, 0.05) is 36.8 Å². The highest BCUT2D eigenvalue weighted by Gasteiger charge is 2.48. The number of halogens is 1. The molecular formula is C28H28ClNO7. The molecule has 8 nitrogen and oxygen atoms in total. The summed E-state index contributed by atoms with van der Waals surface area (Å²) in [6.07, 6.45) is 1.84. The summed E-state index contributed by atoms with van der Waals surface area (Å²) in [5, 5.41) is 11.3. The van der Waals surface area contributed by atoms with Gasteiger partial charge in [-0.05, 0) is 29.0 Å². The molecule has 0 bridgehead atoms. The van der Waals surface area contributed by atoms with E-state index in [1.54, 1.807) is 12.1 Å². The molecule has 2 aliphatic carbocycles. The van der Waals surface area contributed by atoms with Gasteiger partial charge in [-0.2, -0.15) is 0 Å². The first-order valence-corrected chi connectivity index (χ1v) is 12.5. The van der Waals surface area contributed by atoms with Gasteiger partial charge in [-0.15, -0.1) is 0 Å². The summed E-state index contributed by atoms with van der Waals surface area (Å²) in [5.41, 5.74) is 0.566. The van der Waals surface area contributed by atoms with Gasteiger partial charge in [-0.25, -0.2) is 0 Å². The topological polar surface area (TPSA) is 109 Å². The van der Waals surface area contributed by atoms with Crippen LogP contribution < -0.4 is 4.74 Å². The quantitative estimate of drug-likeness (QED) is 0.315. The van der Waals surface area contributed by atoms with Crippen molar-refractivity contribution in [1.82, 2.24) is 0 Å². The van der Waals surface area contributed by atoms with Crippen LogP contribution in [0.2, 0.25) is 5.02 Å². The Morgan fingerprint density at radius 3 is 2.05 bits per heavy atom. The number of nitrogens with zero attached hydrogens (tertiary/aromatic N) is 1. The highest BCUT2D eigenvalue weighted by atomic mass is 35.5. The van der Waals surface area contributed by atoms with Crippen LogP contribution >= 0.6 is 11.6 Å². The molecule has 0 saturated carbocycles. The van der Waals surface area contributed by atoms with E-state index in [1.165, 1.54) is 19.2 Å². The largest absolute Gasteiger partial charge is 0.496 e. The Labute approximate surface area is 219 Å². The third-order valence-electron chi connectivity index (χ3n) is 7.22. The van der Waals surface area contributed by atoms with Crippen LogP contribution in [0.25, 0.3) is 11.3 Å². The Morgan fingerprint density at radius 1 is 0.973 bits per heavy atom. The normalized spacial score (nSPS) is 20.9. The van der Waals surface area contributed by atoms with Crippen molar-refractivity contribution in [2.75, 3.05) is 7.11 Å². The third kappa shape index (κ3) is 4.37. The average molecular weight is 526 g/mol. The number of allylic oxidation sites excluding steroid dienone is 4. The van der Waals surface area contributed by atoms with Crippen LogP contribution in [0.15, 0.2) is 51.3 Å². The number of ether oxygens (including phenoxy) is 2. The van der Waals surface area contributed by atoms with E-state index in [9.17, 15) is 19.7 Å². The Hall–Kier alpha value is -3.39. The van der Waals surface area contributed by atoms with E-state index in [0.717, 1.165) is 0 Å². The Kier molecular flexibility index (Phi) is 5.86. The molecule has 3 aliphatic rings. The zero-order valence-electron chi connectivity index (χ0n) is 21.4. The van der Waals surface area contributed by atoms with Gasteiger partial charge in [-0.1, -0.05) is 39.3 Å². The summed E-state index contributed by atoms with van der Waals surface area (Å²) in [5.74, 6) is 1.40. The van der Waals surface area contributed by atoms with E-state index in [2.05, 4.69) is 0 Å². The van der Waals surface area contributed by atoms with Gasteiger partial charge in [-0.3, -0.25) is 19.7 Å². The van der Waals surface area contributed by atoms with Gasteiger partial charge >= 0.3 is 0 Å². The standard InChI is InChI=1S/C28H28ClNO7/c1-27(2)10-17(31)24-22(12-27)37-23-13-28(3,4)11-18(32)25(23)26(24)20-7-6-19(36-20)14-8-15(29)16(30(33)34)9-21(14)35-5/h6-9,26H,10-13H2,1-5H3. The van der Waals surface area contributed by atoms with Gasteiger partial charge < -0.3 is 13.9 Å².